The van der Waals surface area contributed by atoms with E-state index in [2.05, 4.69) is 4.98 Å². The highest BCUT2D eigenvalue weighted by molar-refractivity contribution is 5.95. The topological polar surface area (TPSA) is 63.4 Å². The van der Waals surface area contributed by atoms with Crippen LogP contribution >= 0.6 is 0 Å². The lowest BCUT2D eigenvalue weighted by Gasteiger charge is -2.38. The molecule has 5 nitrogen and oxygen atoms in total. The molecule has 1 fully saturated rings. The Morgan fingerprint density at radius 3 is 2.54 bits per heavy atom. The molecule has 1 aliphatic heterocycles. The highest BCUT2D eigenvalue weighted by Gasteiger charge is 2.35. The first kappa shape index (κ1) is 18.2. The van der Waals surface area contributed by atoms with Gasteiger partial charge in [0.2, 0.25) is 0 Å². The van der Waals surface area contributed by atoms with Gasteiger partial charge in [0.1, 0.15) is 11.3 Å². The normalized spacial score (nSPS) is 14.0. The van der Waals surface area contributed by atoms with Gasteiger partial charge in [-0.05, 0) is 42.7 Å². The van der Waals surface area contributed by atoms with Gasteiger partial charge in [-0.3, -0.25) is 9.78 Å². The van der Waals surface area contributed by atoms with Crippen LogP contribution in [-0.2, 0) is 12.8 Å². The summed E-state index contributed by atoms with van der Waals surface area (Å²) in [6.07, 6.45) is 3.17. The lowest BCUT2D eigenvalue weighted by atomic mass is 9.94. The van der Waals surface area contributed by atoms with Gasteiger partial charge in [0.05, 0.1) is 0 Å². The first-order valence-corrected chi connectivity index (χ1v) is 9.49. The van der Waals surface area contributed by atoms with Gasteiger partial charge in [-0.25, -0.2) is 4.79 Å². The number of hydrogen-bond donors (Lipinski definition) is 0. The van der Waals surface area contributed by atoms with Gasteiger partial charge in [-0.15, -0.1) is 0 Å². The molecular formula is C23H22N2O3. The van der Waals surface area contributed by atoms with Crippen molar-refractivity contribution in [3.63, 3.8) is 0 Å². The average molecular weight is 374 g/mol. The molecule has 0 atom stereocenters. The van der Waals surface area contributed by atoms with E-state index in [1.807, 2.05) is 54.6 Å². The summed E-state index contributed by atoms with van der Waals surface area (Å²) >= 11 is 0. The molecule has 4 rings (SSSR count). The average Bonchev–Trinajstić information content (AvgIpc) is 2.66. The van der Waals surface area contributed by atoms with Gasteiger partial charge >= 0.3 is 5.63 Å². The van der Waals surface area contributed by atoms with E-state index in [0.717, 1.165) is 12.1 Å². The van der Waals surface area contributed by atoms with E-state index in [1.165, 1.54) is 5.56 Å². The van der Waals surface area contributed by atoms with Crippen LogP contribution in [0.4, 0.5) is 0 Å². The van der Waals surface area contributed by atoms with Crippen molar-refractivity contribution in [1.29, 1.82) is 0 Å². The zero-order valence-electron chi connectivity index (χ0n) is 15.8. The van der Waals surface area contributed by atoms with Crippen molar-refractivity contribution in [3.8, 4) is 0 Å². The predicted molar refractivity (Wildman–Crippen MR) is 106 cm³/mol. The maximum absolute atomic E-state index is 12.8. The van der Waals surface area contributed by atoms with E-state index in [1.54, 1.807) is 18.0 Å². The van der Waals surface area contributed by atoms with Crippen LogP contribution in [0.2, 0.25) is 0 Å². The van der Waals surface area contributed by atoms with Gasteiger partial charge < -0.3 is 9.32 Å². The Balaban J connectivity index is 1.43. The fraction of sp³-hybridized carbons (Fsp3) is 0.261. The van der Waals surface area contributed by atoms with Crippen molar-refractivity contribution in [2.45, 2.75) is 25.7 Å². The molecule has 0 N–H and O–H groups in total. The minimum Gasteiger partial charge on any atom is -0.427 e. The summed E-state index contributed by atoms with van der Waals surface area (Å²) in [7, 11) is 0. The number of aryl methyl sites for hydroxylation is 3. The van der Waals surface area contributed by atoms with Crippen LogP contribution in [-0.4, -0.2) is 28.9 Å². The number of carbonyl (C=O) groups is 1. The van der Waals surface area contributed by atoms with Gasteiger partial charge in [-0.1, -0.05) is 36.4 Å². The van der Waals surface area contributed by atoms with Crippen LogP contribution in [0.3, 0.4) is 0 Å². The molecule has 142 valence electrons. The number of rotatable bonds is 5. The molecule has 3 heterocycles. The number of hydrogen-bond acceptors (Lipinski definition) is 4. The Bertz CT molecular complexity index is 1020. The van der Waals surface area contributed by atoms with E-state index in [-0.39, 0.29) is 17.4 Å². The zero-order valence-corrected chi connectivity index (χ0v) is 15.8. The number of pyridine rings is 1. The van der Waals surface area contributed by atoms with Crippen molar-refractivity contribution >= 4 is 5.91 Å². The summed E-state index contributed by atoms with van der Waals surface area (Å²) in [6, 6.07) is 17.6. The third-order valence-electron chi connectivity index (χ3n) is 5.19. The predicted octanol–water partition coefficient (Wildman–Crippen LogP) is 3.37. The van der Waals surface area contributed by atoms with Crippen molar-refractivity contribution in [1.82, 2.24) is 9.88 Å². The zero-order chi connectivity index (χ0) is 19.5. The Labute approximate surface area is 163 Å². The van der Waals surface area contributed by atoms with Gasteiger partial charge in [0.25, 0.3) is 5.91 Å². The number of aromatic nitrogens is 1. The Kier molecular flexibility index (Phi) is 5.06. The molecule has 1 amide bonds. The third-order valence-corrected chi connectivity index (χ3v) is 5.19. The smallest absolute Gasteiger partial charge is 0.349 e. The largest absolute Gasteiger partial charge is 0.427 e. The lowest BCUT2D eigenvalue weighted by molar-refractivity contribution is 0.0592. The second kappa shape index (κ2) is 7.80. The molecule has 0 radical (unpaired) electrons. The molecule has 0 spiro atoms. The fourth-order valence-electron chi connectivity index (χ4n) is 3.57. The lowest BCUT2D eigenvalue weighted by Crippen LogP contribution is -2.50. The Hall–Kier alpha value is -3.21. The molecule has 0 aliphatic carbocycles. The van der Waals surface area contributed by atoms with Gasteiger partial charge in [0.15, 0.2) is 0 Å². The highest BCUT2D eigenvalue weighted by atomic mass is 16.4. The molecule has 2 aromatic heterocycles. The molecule has 1 aromatic carbocycles. The minimum absolute atomic E-state index is 0.142. The van der Waals surface area contributed by atoms with Crippen LogP contribution in [0.1, 0.15) is 38.9 Å². The van der Waals surface area contributed by atoms with E-state index in [0.29, 0.717) is 30.8 Å². The number of likely N-dealkylation sites (tertiary alicyclic amines) is 1. The highest BCUT2D eigenvalue weighted by Crippen LogP contribution is 2.27. The first-order chi connectivity index (χ1) is 13.6. The van der Waals surface area contributed by atoms with E-state index >= 15 is 0 Å². The second-order valence-electron chi connectivity index (χ2n) is 7.21. The van der Waals surface area contributed by atoms with Crippen LogP contribution in [0.25, 0.3) is 0 Å². The minimum atomic E-state index is -0.547. The van der Waals surface area contributed by atoms with Crippen molar-refractivity contribution in [2.24, 2.45) is 0 Å². The molecule has 1 saturated heterocycles. The molecule has 28 heavy (non-hydrogen) atoms. The monoisotopic (exact) mass is 374 g/mol. The molecular weight excluding hydrogens is 352 g/mol. The van der Waals surface area contributed by atoms with Crippen molar-refractivity contribution in [3.05, 3.63) is 99.4 Å². The summed E-state index contributed by atoms with van der Waals surface area (Å²) in [6.45, 7) is 2.95. The Morgan fingerprint density at radius 2 is 1.86 bits per heavy atom. The quantitative estimate of drug-likeness (QED) is 0.687. The van der Waals surface area contributed by atoms with E-state index < -0.39 is 5.63 Å². The number of benzene rings is 1. The van der Waals surface area contributed by atoms with Gasteiger partial charge in [0, 0.05) is 37.3 Å². The number of nitrogens with zero attached hydrogens (tertiary/aromatic N) is 2. The molecule has 0 bridgehead atoms. The molecule has 5 heteroatoms. The second-order valence-corrected chi connectivity index (χ2v) is 7.21. The first-order valence-electron chi connectivity index (χ1n) is 9.49. The molecule has 0 unspecified atom stereocenters. The standard InChI is InChI=1S/C23H22N2O3/c1-16-13-19(11-10-17-7-3-2-4-8-17)28-23(27)21(16)22(26)25-14-18(15-25)20-9-5-6-12-24-20/h2-9,12-13,18H,10-11,14-15H2,1H3. The summed E-state index contributed by atoms with van der Waals surface area (Å²) in [5, 5.41) is 0. The number of carbonyl (C=O) groups excluding carboxylic acids is 1. The van der Waals surface area contributed by atoms with Crippen LogP contribution in [0.5, 0.6) is 0 Å². The summed E-state index contributed by atoms with van der Waals surface area (Å²) in [5.74, 6) is 0.577. The molecule has 0 saturated carbocycles. The van der Waals surface area contributed by atoms with Crippen LogP contribution in [0, 0.1) is 6.92 Å². The summed E-state index contributed by atoms with van der Waals surface area (Å²) in [4.78, 5) is 31.3. The van der Waals surface area contributed by atoms with E-state index in [4.69, 9.17) is 4.42 Å². The fourth-order valence-corrected chi connectivity index (χ4v) is 3.57. The van der Waals surface area contributed by atoms with Crippen molar-refractivity contribution < 1.29 is 9.21 Å². The van der Waals surface area contributed by atoms with Crippen molar-refractivity contribution in [2.75, 3.05) is 13.1 Å². The SMILES string of the molecule is Cc1cc(CCc2ccccc2)oc(=O)c1C(=O)N1CC(c2ccccn2)C1. The number of amides is 1. The third kappa shape index (κ3) is 3.74. The van der Waals surface area contributed by atoms with Crippen LogP contribution < -0.4 is 5.63 Å². The molecule has 3 aromatic rings. The molecule has 1 aliphatic rings. The van der Waals surface area contributed by atoms with E-state index in [9.17, 15) is 9.59 Å². The maximum Gasteiger partial charge on any atom is 0.349 e. The van der Waals surface area contributed by atoms with Crippen LogP contribution in [0.15, 0.2) is 70.0 Å². The summed E-state index contributed by atoms with van der Waals surface area (Å²) < 4.78 is 5.45. The van der Waals surface area contributed by atoms with Gasteiger partial charge in [-0.2, -0.15) is 0 Å². The Morgan fingerprint density at radius 1 is 1.11 bits per heavy atom. The summed E-state index contributed by atoms with van der Waals surface area (Å²) in [5.41, 5.74) is 2.43. The maximum atomic E-state index is 12.8.